The van der Waals surface area contributed by atoms with Gasteiger partial charge in [-0.2, -0.15) is 0 Å². The maximum absolute atomic E-state index is 13.3. The van der Waals surface area contributed by atoms with E-state index in [0.29, 0.717) is 6.42 Å². The third kappa shape index (κ3) is 5.95. The second-order valence-electron chi connectivity index (χ2n) is 4.54. The van der Waals surface area contributed by atoms with Crippen LogP contribution in [0.1, 0.15) is 30.1 Å². The molecular weight excluding hydrogens is 316 g/mol. The Morgan fingerprint density at radius 2 is 1.73 bits per heavy atom. The van der Waals surface area contributed by atoms with Crippen molar-refractivity contribution in [3.63, 3.8) is 0 Å². The van der Waals surface area contributed by atoms with Crippen molar-refractivity contribution in [1.82, 2.24) is 10.6 Å². The van der Waals surface area contributed by atoms with Crippen LogP contribution in [0.2, 0.25) is 0 Å². The van der Waals surface area contributed by atoms with E-state index in [0.717, 1.165) is 18.6 Å². The van der Waals surface area contributed by atoms with Gasteiger partial charge in [-0.15, -0.1) is 12.4 Å². The van der Waals surface area contributed by atoms with Gasteiger partial charge in [0.2, 0.25) is 5.91 Å². The lowest BCUT2D eigenvalue weighted by Gasteiger charge is -2.11. The summed E-state index contributed by atoms with van der Waals surface area (Å²) in [6, 6.07) is 2.60. The molecule has 0 saturated carbocycles. The molecule has 1 unspecified atom stereocenters. The first-order valence-corrected chi connectivity index (χ1v) is 6.72. The molecule has 1 rings (SSSR count). The van der Waals surface area contributed by atoms with Crippen molar-refractivity contribution >= 4 is 24.2 Å². The zero-order valence-corrected chi connectivity index (χ0v) is 13.0. The van der Waals surface area contributed by atoms with Gasteiger partial charge in [-0.25, -0.2) is 8.78 Å². The van der Waals surface area contributed by atoms with Crippen molar-refractivity contribution in [2.75, 3.05) is 13.1 Å². The number of hydrogen-bond acceptors (Lipinski definition) is 3. The van der Waals surface area contributed by atoms with E-state index in [1.165, 1.54) is 6.07 Å². The average molecular weight is 336 g/mol. The molecule has 1 atom stereocenters. The minimum Gasteiger partial charge on any atom is -0.353 e. The van der Waals surface area contributed by atoms with E-state index in [1.54, 1.807) is 0 Å². The maximum Gasteiger partial charge on any atom is 0.257 e. The molecule has 4 N–H and O–H groups in total. The van der Waals surface area contributed by atoms with Gasteiger partial charge in [-0.1, -0.05) is 19.4 Å². The smallest absolute Gasteiger partial charge is 0.257 e. The van der Waals surface area contributed by atoms with E-state index in [4.69, 9.17) is 5.73 Å². The monoisotopic (exact) mass is 335 g/mol. The predicted molar refractivity (Wildman–Crippen MR) is 81.8 cm³/mol. The zero-order chi connectivity index (χ0) is 15.8. The molecule has 0 spiro atoms. The highest BCUT2D eigenvalue weighted by Gasteiger charge is 2.16. The fourth-order valence-electron chi connectivity index (χ4n) is 1.74. The van der Waals surface area contributed by atoms with Crippen LogP contribution in [0.5, 0.6) is 0 Å². The predicted octanol–water partition coefficient (Wildman–Crippen LogP) is 1.36. The van der Waals surface area contributed by atoms with Crippen molar-refractivity contribution in [1.29, 1.82) is 0 Å². The lowest BCUT2D eigenvalue weighted by Crippen LogP contribution is -2.43. The van der Waals surface area contributed by atoms with Gasteiger partial charge >= 0.3 is 0 Å². The summed E-state index contributed by atoms with van der Waals surface area (Å²) in [5, 5.41) is 4.87. The normalized spacial score (nSPS) is 11.3. The van der Waals surface area contributed by atoms with Crippen LogP contribution in [0.25, 0.3) is 0 Å². The van der Waals surface area contributed by atoms with Crippen LogP contribution in [-0.2, 0) is 4.79 Å². The van der Waals surface area contributed by atoms with Crippen molar-refractivity contribution in [2.24, 2.45) is 5.73 Å². The summed E-state index contributed by atoms with van der Waals surface area (Å²) in [5.74, 6) is -3.04. The minimum absolute atomic E-state index is 0. The second-order valence-corrected chi connectivity index (χ2v) is 4.54. The van der Waals surface area contributed by atoms with Gasteiger partial charge < -0.3 is 16.4 Å². The van der Waals surface area contributed by atoms with Gasteiger partial charge in [0.25, 0.3) is 5.91 Å². The molecule has 0 aliphatic rings. The molecule has 0 aliphatic heterocycles. The molecule has 0 aliphatic carbocycles. The van der Waals surface area contributed by atoms with Crippen LogP contribution in [0.4, 0.5) is 8.78 Å². The Morgan fingerprint density at radius 1 is 1.18 bits per heavy atom. The van der Waals surface area contributed by atoms with E-state index < -0.39 is 29.1 Å². The topological polar surface area (TPSA) is 84.2 Å². The Balaban J connectivity index is 0.00000441. The van der Waals surface area contributed by atoms with Crippen molar-refractivity contribution in [3.8, 4) is 0 Å². The summed E-state index contributed by atoms with van der Waals surface area (Å²) < 4.78 is 26.7. The van der Waals surface area contributed by atoms with E-state index in [-0.39, 0.29) is 31.4 Å². The maximum atomic E-state index is 13.3. The molecule has 22 heavy (non-hydrogen) atoms. The van der Waals surface area contributed by atoms with Gasteiger partial charge in [-0.3, -0.25) is 9.59 Å². The highest BCUT2D eigenvalue weighted by Crippen LogP contribution is 2.11. The van der Waals surface area contributed by atoms with Crippen LogP contribution in [0.15, 0.2) is 18.2 Å². The fraction of sp³-hybridized carbons (Fsp3) is 0.429. The molecular formula is C14H20ClF2N3O2. The first kappa shape index (κ1) is 20.3. The molecule has 0 saturated heterocycles. The molecule has 0 bridgehead atoms. The Kier molecular flexibility index (Phi) is 9.28. The first-order chi connectivity index (χ1) is 9.97. The number of benzene rings is 1. The van der Waals surface area contributed by atoms with Gasteiger partial charge in [-0.05, 0) is 18.6 Å². The number of nitrogens with one attached hydrogen (secondary N) is 2. The Bertz CT molecular complexity index is 495. The number of carbonyl (C=O) groups is 2. The summed E-state index contributed by atoms with van der Waals surface area (Å²) in [4.78, 5) is 23.1. The third-order valence-corrected chi connectivity index (χ3v) is 2.84. The van der Waals surface area contributed by atoms with Gasteiger partial charge in [0.05, 0.1) is 6.04 Å². The van der Waals surface area contributed by atoms with Crippen LogP contribution in [0.3, 0.4) is 0 Å². The highest BCUT2D eigenvalue weighted by molar-refractivity contribution is 5.94. The minimum atomic E-state index is -0.929. The van der Waals surface area contributed by atoms with Gasteiger partial charge in [0.1, 0.15) is 17.2 Å². The molecule has 124 valence electrons. The standard InChI is InChI=1S/C14H19F2N3O2.ClH/c1-2-4-11(17)13(20)18-7-8-19-14(21)12-9(15)5-3-6-10(12)16;/h3,5-6,11H,2,4,7-8,17H2,1H3,(H,18,20)(H,19,21);1H. The van der Waals surface area contributed by atoms with E-state index >= 15 is 0 Å². The lowest BCUT2D eigenvalue weighted by molar-refractivity contribution is -0.122. The molecule has 0 radical (unpaired) electrons. The number of hydrogen-bond donors (Lipinski definition) is 3. The second kappa shape index (κ2) is 10.1. The molecule has 0 aromatic heterocycles. The Hall–Kier alpha value is -1.73. The molecule has 1 aromatic carbocycles. The van der Waals surface area contributed by atoms with Gasteiger partial charge in [0.15, 0.2) is 0 Å². The molecule has 2 amide bonds. The molecule has 0 fully saturated rings. The summed E-state index contributed by atoms with van der Waals surface area (Å²) in [7, 11) is 0. The molecule has 8 heteroatoms. The van der Waals surface area contributed by atoms with Crippen LogP contribution in [-0.4, -0.2) is 30.9 Å². The average Bonchev–Trinajstić information content (AvgIpc) is 2.43. The Morgan fingerprint density at radius 3 is 2.27 bits per heavy atom. The quantitative estimate of drug-likeness (QED) is 0.658. The number of nitrogens with two attached hydrogens (primary N) is 1. The molecule has 0 heterocycles. The number of halogens is 3. The molecule has 5 nitrogen and oxygen atoms in total. The highest BCUT2D eigenvalue weighted by atomic mass is 35.5. The third-order valence-electron chi connectivity index (χ3n) is 2.84. The summed E-state index contributed by atoms with van der Waals surface area (Å²) in [6.45, 7) is 2.10. The van der Waals surface area contributed by atoms with Crippen LogP contribution in [0, 0.1) is 11.6 Å². The van der Waals surface area contributed by atoms with Crippen LogP contribution >= 0.6 is 12.4 Å². The van der Waals surface area contributed by atoms with E-state index in [9.17, 15) is 18.4 Å². The van der Waals surface area contributed by atoms with Crippen molar-refractivity contribution < 1.29 is 18.4 Å². The largest absolute Gasteiger partial charge is 0.353 e. The fourth-order valence-corrected chi connectivity index (χ4v) is 1.74. The Labute approximate surface area is 134 Å². The summed E-state index contributed by atoms with van der Waals surface area (Å²) >= 11 is 0. The van der Waals surface area contributed by atoms with Crippen molar-refractivity contribution in [2.45, 2.75) is 25.8 Å². The van der Waals surface area contributed by atoms with Gasteiger partial charge in [0, 0.05) is 13.1 Å². The number of carbonyl (C=O) groups excluding carboxylic acids is 2. The van der Waals surface area contributed by atoms with E-state index in [1.807, 2.05) is 6.92 Å². The SMILES string of the molecule is CCCC(N)C(=O)NCCNC(=O)c1c(F)cccc1F.Cl. The summed E-state index contributed by atoms with van der Waals surface area (Å²) in [6.07, 6.45) is 1.36. The lowest BCUT2D eigenvalue weighted by atomic mass is 10.1. The zero-order valence-electron chi connectivity index (χ0n) is 12.2. The van der Waals surface area contributed by atoms with Crippen molar-refractivity contribution in [3.05, 3.63) is 35.4 Å². The van der Waals surface area contributed by atoms with E-state index in [2.05, 4.69) is 10.6 Å². The first-order valence-electron chi connectivity index (χ1n) is 6.72. The number of rotatable bonds is 7. The van der Waals surface area contributed by atoms with Crippen LogP contribution < -0.4 is 16.4 Å². The summed E-state index contributed by atoms with van der Waals surface area (Å²) in [5.41, 5.74) is 4.97. The number of amides is 2. The molecule has 1 aromatic rings.